The van der Waals surface area contributed by atoms with Crippen LogP contribution in [0.25, 0.3) is 0 Å². The van der Waals surface area contributed by atoms with Crippen LogP contribution in [0, 0.1) is 5.82 Å². The fraction of sp³-hybridized carbons (Fsp3) is 0.0714. The van der Waals surface area contributed by atoms with E-state index < -0.39 is 5.97 Å². The summed E-state index contributed by atoms with van der Waals surface area (Å²) in [7, 11) is 0. The van der Waals surface area contributed by atoms with E-state index in [1.165, 1.54) is 30.3 Å². The number of benzene rings is 2. The zero-order valence-corrected chi connectivity index (χ0v) is 11.4. The fourth-order valence-electron chi connectivity index (χ4n) is 1.53. The SMILES string of the molecule is O=C(OCc1cccc(F)c1)c1cc(Br)ccc1O. The summed E-state index contributed by atoms with van der Waals surface area (Å²) in [4.78, 5) is 11.8. The zero-order valence-electron chi connectivity index (χ0n) is 9.77. The highest BCUT2D eigenvalue weighted by Gasteiger charge is 2.13. The maximum absolute atomic E-state index is 12.9. The lowest BCUT2D eigenvalue weighted by Crippen LogP contribution is -2.05. The molecular formula is C14H10BrFO3. The minimum atomic E-state index is -0.664. The lowest BCUT2D eigenvalue weighted by atomic mass is 10.2. The molecule has 0 atom stereocenters. The molecule has 0 saturated carbocycles. The lowest BCUT2D eigenvalue weighted by molar-refractivity contribution is 0.0469. The molecule has 0 heterocycles. The van der Waals surface area contributed by atoms with Crippen LogP contribution in [0.5, 0.6) is 5.75 Å². The van der Waals surface area contributed by atoms with Crippen LogP contribution in [0.3, 0.4) is 0 Å². The average Bonchev–Trinajstić information content (AvgIpc) is 2.39. The summed E-state index contributed by atoms with van der Waals surface area (Å²) in [5, 5.41) is 9.57. The largest absolute Gasteiger partial charge is 0.507 e. The standard InChI is InChI=1S/C14H10BrFO3/c15-10-4-5-13(17)12(7-10)14(18)19-8-9-2-1-3-11(16)6-9/h1-7,17H,8H2. The highest BCUT2D eigenvalue weighted by atomic mass is 79.9. The number of esters is 1. The average molecular weight is 325 g/mol. The summed E-state index contributed by atoms with van der Waals surface area (Å²) in [5.41, 5.74) is 0.605. The van der Waals surface area contributed by atoms with Crippen LogP contribution in [-0.4, -0.2) is 11.1 Å². The van der Waals surface area contributed by atoms with Gasteiger partial charge in [-0.05, 0) is 35.9 Å². The van der Waals surface area contributed by atoms with Crippen molar-refractivity contribution >= 4 is 21.9 Å². The molecule has 19 heavy (non-hydrogen) atoms. The summed E-state index contributed by atoms with van der Waals surface area (Å²) in [6.45, 7) is -0.0530. The van der Waals surface area contributed by atoms with E-state index in [-0.39, 0.29) is 23.7 Å². The van der Waals surface area contributed by atoms with Gasteiger partial charge in [-0.3, -0.25) is 0 Å². The minimum Gasteiger partial charge on any atom is -0.507 e. The number of halogens is 2. The molecule has 5 heteroatoms. The van der Waals surface area contributed by atoms with Gasteiger partial charge in [0.1, 0.15) is 23.7 Å². The van der Waals surface area contributed by atoms with Gasteiger partial charge in [0, 0.05) is 4.47 Å². The monoisotopic (exact) mass is 324 g/mol. The van der Waals surface area contributed by atoms with Crippen molar-refractivity contribution in [3.8, 4) is 5.75 Å². The molecule has 98 valence electrons. The molecule has 1 N–H and O–H groups in total. The van der Waals surface area contributed by atoms with Gasteiger partial charge in [-0.25, -0.2) is 9.18 Å². The number of hydrogen-bond acceptors (Lipinski definition) is 3. The minimum absolute atomic E-state index is 0.0530. The molecule has 0 fully saturated rings. The molecule has 0 saturated heterocycles. The van der Waals surface area contributed by atoms with Crippen molar-refractivity contribution in [3.05, 3.63) is 63.9 Å². The van der Waals surface area contributed by atoms with E-state index in [0.29, 0.717) is 10.0 Å². The molecule has 0 radical (unpaired) electrons. The van der Waals surface area contributed by atoms with Crippen LogP contribution in [-0.2, 0) is 11.3 Å². The molecule has 0 aliphatic rings. The van der Waals surface area contributed by atoms with E-state index in [0.717, 1.165) is 0 Å². The number of rotatable bonds is 3. The second-order valence-corrected chi connectivity index (χ2v) is 4.78. The summed E-state index contributed by atoms with van der Waals surface area (Å²) < 4.78 is 18.6. The Morgan fingerprint density at radius 2 is 2.05 bits per heavy atom. The highest BCUT2D eigenvalue weighted by molar-refractivity contribution is 9.10. The van der Waals surface area contributed by atoms with Crippen LogP contribution < -0.4 is 0 Å². The molecule has 2 aromatic carbocycles. The Kier molecular flexibility index (Phi) is 4.16. The summed E-state index contributed by atoms with van der Waals surface area (Å²) in [6, 6.07) is 10.2. The molecule has 0 bridgehead atoms. The highest BCUT2D eigenvalue weighted by Crippen LogP contribution is 2.23. The van der Waals surface area contributed by atoms with Crippen molar-refractivity contribution in [2.24, 2.45) is 0 Å². The van der Waals surface area contributed by atoms with Crippen molar-refractivity contribution in [3.63, 3.8) is 0 Å². The molecule has 0 aliphatic heterocycles. The van der Waals surface area contributed by atoms with Gasteiger partial charge >= 0.3 is 5.97 Å². The lowest BCUT2D eigenvalue weighted by Gasteiger charge is -2.07. The molecule has 0 amide bonds. The van der Waals surface area contributed by atoms with Gasteiger partial charge < -0.3 is 9.84 Å². The number of phenols is 1. The van der Waals surface area contributed by atoms with Crippen molar-refractivity contribution in [2.45, 2.75) is 6.61 Å². The smallest absolute Gasteiger partial charge is 0.342 e. The van der Waals surface area contributed by atoms with Crippen molar-refractivity contribution < 1.29 is 19.0 Å². The Labute approximate surface area is 117 Å². The Morgan fingerprint density at radius 3 is 2.79 bits per heavy atom. The summed E-state index contributed by atoms with van der Waals surface area (Å²) in [5.74, 6) is -1.21. The molecule has 0 unspecified atom stereocenters. The first-order valence-electron chi connectivity index (χ1n) is 5.46. The molecule has 0 aromatic heterocycles. The Hall–Kier alpha value is -1.88. The first-order valence-corrected chi connectivity index (χ1v) is 6.25. The normalized spacial score (nSPS) is 10.2. The molecular weight excluding hydrogens is 315 g/mol. The van der Waals surface area contributed by atoms with Gasteiger partial charge in [0.05, 0.1) is 0 Å². The first kappa shape index (κ1) is 13.5. The predicted octanol–water partition coefficient (Wildman–Crippen LogP) is 3.65. The van der Waals surface area contributed by atoms with Crippen molar-refractivity contribution in [1.82, 2.24) is 0 Å². The maximum Gasteiger partial charge on any atom is 0.342 e. The first-order chi connectivity index (χ1) is 9.06. The van der Waals surface area contributed by atoms with E-state index >= 15 is 0 Å². The van der Waals surface area contributed by atoms with Gasteiger partial charge in [-0.1, -0.05) is 28.1 Å². The third kappa shape index (κ3) is 3.54. The molecule has 2 rings (SSSR count). The number of carbonyl (C=O) groups excluding carboxylic acids is 1. The van der Waals surface area contributed by atoms with E-state index in [2.05, 4.69) is 15.9 Å². The van der Waals surface area contributed by atoms with E-state index in [9.17, 15) is 14.3 Å². The zero-order chi connectivity index (χ0) is 13.8. The number of phenolic OH excluding ortho intramolecular Hbond substituents is 1. The van der Waals surface area contributed by atoms with Gasteiger partial charge in [-0.15, -0.1) is 0 Å². The van der Waals surface area contributed by atoms with Crippen LogP contribution in [0.15, 0.2) is 46.9 Å². The molecule has 0 spiro atoms. The topological polar surface area (TPSA) is 46.5 Å². The molecule has 0 aliphatic carbocycles. The number of carbonyl (C=O) groups is 1. The van der Waals surface area contributed by atoms with Crippen LogP contribution in [0.1, 0.15) is 15.9 Å². The van der Waals surface area contributed by atoms with Crippen molar-refractivity contribution in [2.75, 3.05) is 0 Å². The third-order valence-electron chi connectivity index (χ3n) is 2.44. The molecule has 3 nitrogen and oxygen atoms in total. The van der Waals surface area contributed by atoms with E-state index in [1.54, 1.807) is 12.1 Å². The predicted molar refractivity (Wildman–Crippen MR) is 71.3 cm³/mol. The summed E-state index contributed by atoms with van der Waals surface area (Å²) in [6.07, 6.45) is 0. The van der Waals surface area contributed by atoms with Gasteiger partial charge in [-0.2, -0.15) is 0 Å². The Bertz CT molecular complexity index is 613. The Morgan fingerprint density at radius 1 is 1.26 bits per heavy atom. The van der Waals surface area contributed by atoms with Crippen LogP contribution in [0.4, 0.5) is 4.39 Å². The van der Waals surface area contributed by atoms with Crippen LogP contribution in [0.2, 0.25) is 0 Å². The quantitative estimate of drug-likeness (QED) is 0.876. The Balaban J connectivity index is 2.07. The van der Waals surface area contributed by atoms with Crippen LogP contribution >= 0.6 is 15.9 Å². The number of aromatic hydroxyl groups is 1. The van der Waals surface area contributed by atoms with Gasteiger partial charge in [0.15, 0.2) is 0 Å². The van der Waals surface area contributed by atoms with Gasteiger partial charge in [0.25, 0.3) is 0 Å². The van der Waals surface area contributed by atoms with Crippen molar-refractivity contribution in [1.29, 1.82) is 0 Å². The second-order valence-electron chi connectivity index (χ2n) is 3.87. The fourth-order valence-corrected chi connectivity index (χ4v) is 1.89. The van der Waals surface area contributed by atoms with E-state index in [4.69, 9.17) is 4.74 Å². The van der Waals surface area contributed by atoms with Gasteiger partial charge in [0.2, 0.25) is 0 Å². The van der Waals surface area contributed by atoms with E-state index in [1.807, 2.05) is 0 Å². The third-order valence-corrected chi connectivity index (χ3v) is 2.93. The number of hydrogen-bond donors (Lipinski definition) is 1. The number of ether oxygens (including phenoxy) is 1. The summed E-state index contributed by atoms with van der Waals surface area (Å²) >= 11 is 3.20. The maximum atomic E-state index is 12.9. The second kappa shape index (κ2) is 5.84. The molecule has 2 aromatic rings.